The maximum Gasteiger partial charge on any atom is 0.177 e. The highest BCUT2D eigenvalue weighted by atomic mass is 15.4. The van der Waals surface area contributed by atoms with Gasteiger partial charge >= 0.3 is 0 Å². The van der Waals surface area contributed by atoms with Crippen LogP contribution in [-0.4, -0.2) is 65.7 Å². The fourth-order valence-electron chi connectivity index (χ4n) is 3.23. The summed E-state index contributed by atoms with van der Waals surface area (Å²) in [6, 6.07) is 7.86. The molecular weight excluding hydrogens is 344 g/mol. The van der Waals surface area contributed by atoms with Crippen molar-refractivity contribution in [2.24, 2.45) is 0 Å². The number of rotatable bonds is 3. The van der Waals surface area contributed by atoms with Crippen molar-refractivity contribution in [2.45, 2.75) is 6.92 Å². The SMILES string of the molecule is Cc1ccn(-c2cc(N3CCN(c4ccc5nncn5n4)CC3)ncn2)n1. The second kappa shape index (κ2) is 6.31. The molecule has 0 amide bonds. The molecule has 0 N–H and O–H groups in total. The lowest BCUT2D eigenvalue weighted by Crippen LogP contribution is -2.47. The van der Waals surface area contributed by atoms with Gasteiger partial charge in [-0.25, -0.2) is 14.6 Å². The van der Waals surface area contributed by atoms with Crippen LogP contribution in [0, 0.1) is 6.92 Å². The van der Waals surface area contributed by atoms with E-state index in [1.54, 1.807) is 21.9 Å². The second-order valence-electron chi connectivity index (χ2n) is 6.44. The summed E-state index contributed by atoms with van der Waals surface area (Å²) in [4.78, 5) is 13.3. The van der Waals surface area contributed by atoms with Crippen LogP contribution in [0.2, 0.25) is 0 Å². The maximum atomic E-state index is 4.57. The van der Waals surface area contributed by atoms with E-state index in [0.717, 1.165) is 55.0 Å². The van der Waals surface area contributed by atoms with E-state index in [-0.39, 0.29) is 0 Å². The molecule has 136 valence electrons. The second-order valence-corrected chi connectivity index (χ2v) is 6.44. The van der Waals surface area contributed by atoms with Crippen molar-refractivity contribution in [1.82, 2.24) is 39.6 Å². The molecule has 0 atom stereocenters. The average molecular weight is 362 g/mol. The number of fused-ring (bicyclic) bond motifs is 1. The van der Waals surface area contributed by atoms with Crippen LogP contribution < -0.4 is 9.80 Å². The summed E-state index contributed by atoms with van der Waals surface area (Å²) in [5.74, 6) is 2.61. The minimum Gasteiger partial charge on any atom is -0.353 e. The molecule has 10 heteroatoms. The third kappa shape index (κ3) is 2.94. The molecule has 4 aromatic rings. The molecule has 27 heavy (non-hydrogen) atoms. The first kappa shape index (κ1) is 15.7. The van der Waals surface area contributed by atoms with Crippen LogP contribution in [0.5, 0.6) is 0 Å². The monoisotopic (exact) mass is 362 g/mol. The Morgan fingerprint density at radius 3 is 2.41 bits per heavy atom. The maximum absolute atomic E-state index is 4.57. The van der Waals surface area contributed by atoms with Gasteiger partial charge in [0.25, 0.3) is 0 Å². The number of aryl methyl sites for hydroxylation is 1. The quantitative estimate of drug-likeness (QED) is 0.527. The minimum atomic E-state index is 0.750. The normalized spacial score (nSPS) is 14.9. The van der Waals surface area contributed by atoms with Crippen molar-refractivity contribution in [1.29, 1.82) is 0 Å². The summed E-state index contributed by atoms with van der Waals surface area (Å²) in [6.45, 7) is 5.40. The minimum absolute atomic E-state index is 0.750. The number of hydrogen-bond acceptors (Lipinski definition) is 8. The molecule has 0 unspecified atom stereocenters. The average Bonchev–Trinajstić information content (AvgIpc) is 3.36. The van der Waals surface area contributed by atoms with E-state index in [1.165, 1.54) is 0 Å². The predicted octanol–water partition coefficient (Wildman–Crippen LogP) is 0.735. The van der Waals surface area contributed by atoms with Gasteiger partial charge in [-0.05, 0) is 25.1 Å². The van der Waals surface area contributed by atoms with E-state index in [0.29, 0.717) is 0 Å². The Balaban J connectivity index is 1.31. The Kier molecular flexibility index (Phi) is 3.66. The fourth-order valence-corrected chi connectivity index (χ4v) is 3.23. The lowest BCUT2D eigenvalue weighted by Gasteiger charge is -2.35. The number of anilines is 2. The summed E-state index contributed by atoms with van der Waals surface area (Å²) in [7, 11) is 0. The van der Waals surface area contributed by atoms with E-state index < -0.39 is 0 Å². The van der Waals surface area contributed by atoms with Crippen molar-refractivity contribution in [3.63, 3.8) is 0 Å². The van der Waals surface area contributed by atoms with Crippen LogP contribution in [-0.2, 0) is 0 Å². The van der Waals surface area contributed by atoms with Crippen LogP contribution in [0.3, 0.4) is 0 Å². The lowest BCUT2D eigenvalue weighted by molar-refractivity contribution is 0.634. The van der Waals surface area contributed by atoms with Crippen LogP contribution in [0.25, 0.3) is 11.5 Å². The molecule has 5 rings (SSSR count). The van der Waals surface area contributed by atoms with Gasteiger partial charge in [0.1, 0.15) is 24.3 Å². The Labute approximate surface area is 155 Å². The van der Waals surface area contributed by atoms with E-state index in [9.17, 15) is 0 Å². The topological polar surface area (TPSA) is 93.2 Å². The van der Waals surface area contributed by atoms with E-state index >= 15 is 0 Å². The van der Waals surface area contributed by atoms with Crippen molar-refractivity contribution in [3.8, 4) is 5.82 Å². The molecule has 0 radical (unpaired) electrons. The number of nitrogens with zero attached hydrogens (tertiary/aromatic N) is 10. The largest absolute Gasteiger partial charge is 0.353 e. The van der Waals surface area contributed by atoms with Gasteiger partial charge in [0, 0.05) is 38.4 Å². The molecule has 0 bridgehead atoms. The Morgan fingerprint density at radius 2 is 1.63 bits per heavy atom. The van der Waals surface area contributed by atoms with Crippen LogP contribution in [0.15, 0.2) is 43.1 Å². The zero-order valence-corrected chi connectivity index (χ0v) is 14.8. The number of hydrogen-bond donors (Lipinski definition) is 0. The fraction of sp³-hybridized carbons (Fsp3) is 0.294. The first-order chi connectivity index (χ1) is 13.3. The molecule has 5 heterocycles. The summed E-state index contributed by atoms with van der Waals surface area (Å²) < 4.78 is 3.47. The van der Waals surface area contributed by atoms with Gasteiger partial charge in [-0.1, -0.05) is 0 Å². The number of aromatic nitrogens is 8. The molecule has 1 fully saturated rings. The first-order valence-corrected chi connectivity index (χ1v) is 8.78. The van der Waals surface area contributed by atoms with Gasteiger partial charge in [-0.2, -0.15) is 9.61 Å². The van der Waals surface area contributed by atoms with Crippen molar-refractivity contribution < 1.29 is 0 Å². The van der Waals surface area contributed by atoms with Crippen LogP contribution in [0.4, 0.5) is 11.6 Å². The zero-order chi connectivity index (χ0) is 18.2. The van der Waals surface area contributed by atoms with Gasteiger partial charge in [-0.15, -0.1) is 15.3 Å². The molecule has 0 aromatic carbocycles. The van der Waals surface area contributed by atoms with Gasteiger partial charge in [0.2, 0.25) is 0 Å². The highest BCUT2D eigenvalue weighted by Gasteiger charge is 2.20. The Hall–Kier alpha value is -3.56. The smallest absolute Gasteiger partial charge is 0.177 e. The predicted molar refractivity (Wildman–Crippen MR) is 99.1 cm³/mol. The standard InChI is InChI=1S/C17H18N10/c1-13-4-5-26(22-13)17-10-16(18-11-19-17)25-8-6-24(7-9-25)15-3-2-14-21-20-12-27(14)23-15/h2-5,10-12H,6-9H2,1H3. The van der Waals surface area contributed by atoms with Crippen molar-refractivity contribution in [3.05, 3.63) is 48.8 Å². The Morgan fingerprint density at radius 1 is 0.852 bits per heavy atom. The zero-order valence-electron chi connectivity index (χ0n) is 14.8. The molecule has 0 spiro atoms. The third-order valence-electron chi connectivity index (χ3n) is 4.67. The van der Waals surface area contributed by atoms with Crippen LogP contribution in [0.1, 0.15) is 5.69 Å². The lowest BCUT2D eigenvalue weighted by atomic mass is 10.3. The third-order valence-corrected chi connectivity index (χ3v) is 4.67. The molecule has 1 aliphatic rings. The summed E-state index contributed by atoms with van der Waals surface area (Å²) in [6.07, 6.45) is 5.12. The molecule has 0 saturated carbocycles. The van der Waals surface area contributed by atoms with E-state index in [4.69, 9.17) is 0 Å². The molecule has 10 nitrogen and oxygen atoms in total. The number of piperazine rings is 1. The van der Waals surface area contributed by atoms with Gasteiger partial charge in [-0.3, -0.25) is 0 Å². The molecule has 1 saturated heterocycles. The molecule has 1 aliphatic heterocycles. The Bertz CT molecular complexity index is 1080. The first-order valence-electron chi connectivity index (χ1n) is 8.78. The molecule has 0 aliphatic carbocycles. The van der Waals surface area contributed by atoms with E-state index in [1.807, 2.05) is 37.4 Å². The van der Waals surface area contributed by atoms with Crippen LogP contribution >= 0.6 is 0 Å². The summed E-state index contributed by atoms with van der Waals surface area (Å²) >= 11 is 0. The molecule has 4 aromatic heterocycles. The van der Waals surface area contributed by atoms with Gasteiger partial charge in [0.15, 0.2) is 11.5 Å². The van der Waals surface area contributed by atoms with Gasteiger partial charge < -0.3 is 9.80 Å². The highest BCUT2D eigenvalue weighted by molar-refractivity contribution is 5.49. The van der Waals surface area contributed by atoms with E-state index in [2.05, 4.69) is 40.2 Å². The van der Waals surface area contributed by atoms with Crippen molar-refractivity contribution >= 4 is 17.3 Å². The van der Waals surface area contributed by atoms with Crippen molar-refractivity contribution in [2.75, 3.05) is 36.0 Å². The summed E-state index contributed by atoms with van der Waals surface area (Å²) in [5, 5.41) is 16.9. The molecular formula is C17H18N10. The summed E-state index contributed by atoms with van der Waals surface area (Å²) in [5.41, 5.74) is 1.71. The van der Waals surface area contributed by atoms with Gasteiger partial charge in [0.05, 0.1) is 5.69 Å². The highest BCUT2D eigenvalue weighted by Crippen LogP contribution is 2.19.